The van der Waals surface area contributed by atoms with Crippen LogP contribution in [-0.4, -0.2) is 16.5 Å². The van der Waals surface area contributed by atoms with Gasteiger partial charge in [-0.25, -0.2) is 9.97 Å². The molecule has 4 nitrogen and oxygen atoms in total. The number of rotatable bonds is 6. The van der Waals surface area contributed by atoms with Crippen molar-refractivity contribution in [3.05, 3.63) is 30.6 Å². The Kier molecular flexibility index (Phi) is 5.61. The molecule has 0 aliphatic carbocycles. The third-order valence-corrected chi connectivity index (χ3v) is 3.99. The highest BCUT2D eigenvalue weighted by atomic mass is 35.5. The fourth-order valence-electron chi connectivity index (χ4n) is 2.75. The highest BCUT2D eigenvalue weighted by molar-refractivity contribution is 6.05. The van der Waals surface area contributed by atoms with Gasteiger partial charge in [0.1, 0.15) is 17.4 Å². The van der Waals surface area contributed by atoms with Crippen LogP contribution in [0.1, 0.15) is 33.1 Å². The molecule has 2 aromatic heterocycles. The lowest BCUT2D eigenvalue weighted by Crippen LogP contribution is -3.00. The summed E-state index contributed by atoms with van der Waals surface area (Å²) >= 11 is 0. The molecule has 2 heterocycles. The smallest absolute Gasteiger partial charge is 0.196 e. The van der Waals surface area contributed by atoms with Gasteiger partial charge in [0.2, 0.25) is 0 Å². The lowest BCUT2D eigenvalue weighted by Gasteiger charge is -2.14. The lowest BCUT2D eigenvalue weighted by molar-refractivity contribution is -0.00000491. The summed E-state index contributed by atoms with van der Waals surface area (Å²) in [6, 6.07) is 7.97. The second-order valence-corrected chi connectivity index (χ2v) is 5.44. The molecule has 0 spiro atoms. The number of para-hydroxylation sites is 1. The number of aromatic nitrogens is 2. The summed E-state index contributed by atoms with van der Waals surface area (Å²) < 4.78 is 5.92. The van der Waals surface area contributed by atoms with E-state index < -0.39 is 0 Å². The normalized spacial score (nSPS) is 12.3. The Morgan fingerprint density at radius 1 is 1.18 bits per heavy atom. The van der Waals surface area contributed by atoms with Crippen molar-refractivity contribution in [3.8, 4) is 0 Å². The van der Waals surface area contributed by atoms with Crippen molar-refractivity contribution in [3.63, 3.8) is 0 Å². The molecule has 1 aromatic carbocycles. The maximum Gasteiger partial charge on any atom is 0.196 e. The third kappa shape index (κ3) is 3.17. The van der Waals surface area contributed by atoms with Gasteiger partial charge in [-0.15, -0.1) is 0 Å². The van der Waals surface area contributed by atoms with Crippen LogP contribution in [-0.2, 0) is 0 Å². The van der Waals surface area contributed by atoms with Gasteiger partial charge in [-0.05, 0) is 24.5 Å². The fraction of sp³-hybridized carbons (Fsp3) is 0.412. The Balaban J connectivity index is 0.00000176. The molecule has 3 rings (SSSR count). The zero-order valence-corrected chi connectivity index (χ0v) is 13.7. The first kappa shape index (κ1) is 16.6. The monoisotopic (exact) mass is 318 g/mol. The zero-order chi connectivity index (χ0) is 14.7. The molecule has 22 heavy (non-hydrogen) atoms. The quantitative estimate of drug-likeness (QED) is 0.750. The van der Waals surface area contributed by atoms with Gasteiger partial charge in [0.15, 0.2) is 11.4 Å². The molecule has 0 radical (unpaired) electrons. The standard InChI is InChI=1S/C17H21N3O.ClH/c1-3-7-12(4-2)10-18-17-16-15(19-11-20-17)13-8-5-6-9-14(13)21-16;/h5-6,8-9,11-12H,3-4,7,10H2,1-2H3,(H,18,19,20);1H/p-1. The Labute approximate surface area is 136 Å². The second kappa shape index (κ2) is 7.45. The first-order valence-corrected chi connectivity index (χ1v) is 7.69. The SMILES string of the molecule is CCCC(CC)CNc1ncnc2c1oc1ccccc12.[Cl-]. The van der Waals surface area contributed by atoms with Crippen LogP contribution in [0.3, 0.4) is 0 Å². The fourth-order valence-corrected chi connectivity index (χ4v) is 2.75. The maximum absolute atomic E-state index is 5.92. The number of nitrogens with zero attached hydrogens (tertiary/aromatic N) is 2. The molecule has 0 aliphatic rings. The summed E-state index contributed by atoms with van der Waals surface area (Å²) in [5.74, 6) is 1.47. The molecule has 0 amide bonds. The summed E-state index contributed by atoms with van der Waals surface area (Å²) in [6.45, 7) is 5.39. The van der Waals surface area contributed by atoms with Crippen LogP contribution in [0.15, 0.2) is 35.0 Å². The van der Waals surface area contributed by atoms with Gasteiger partial charge in [-0.2, -0.15) is 0 Å². The first-order valence-electron chi connectivity index (χ1n) is 7.69. The van der Waals surface area contributed by atoms with E-state index in [0.717, 1.165) is 34.4 Å². The van der Waals surface area contributed by atoms with Crippen LogP contribution in [0.2, 0.25) is 0 Å². The van der Waals surface area contributed by atoms with E-state index in [1.807, 2.05) is 24.3 Å². The second-order valence-electron chi connectivity index (χ2n) is 5.44. The molecule has 1 unspecified atom stereocenters. The van der Waals surface area contributed by atoms with Crippen LogP contribution in [0.25, 0.3) is 22.1 Å². The van der Waals surface area contributed by atoms with E-state index >= 15 is 0 Å². The number of anilines is 1. The minimum Gasteiger partial charge on any atom is -1.00 e. The van der Waals surface area contributed by atoms with Crippen LogP contribution in [0.5, 0.6) is 0 Å². The Bertz CT molecular complexity index is 741. The molecule has 118 valence electrons. The van der Waals surface area contributed by atoms with Crippen molar-refractivity contribution in [1.29, 1.82) is 0 Å². The van der Waals surface area contributed by atoms with Crippen LogP contribution >= 0.6 is 0 Å². The van der Waals surface area contributed by atoms with Crippen molar-refractivity contribution in [1.82, 2.24) is 9.97 Å². The highest BCUT2D eigenvalue weighted by Gasteiger charge is 2.13. The number of hydrogen-bond acceptors (Lipinski definition) is 4. The number of fused-ring (bicyclic) bond motifs is 3. The average molecular weight is 319 g/mol. The average Bonchev–Trinajstić information content (AvgIpc) is 2.91. The maximum atomic E-state index is 5.92. The van der Waals surface area contributed by atoms with Gasteiger partial charge in [0.25, 0.3) is 0 Å². The number of benzene rings is 1. The molecule has 0 fully saturated rings. The van der Waals surface area contributed by atoms with Crippen LogP contribution < -0.4 is 17.7 Å². The lowest BCUT2D eigenvalue weighted by atomic mass is 10.0. The van der Waals surface area contributed by atoms with Gasteiger partial charge in [0.05, 0.1) is 0 Å². The van der Waals surface area contributed by atoms with Gasteiger partial charge in [-0.3, -0.25) is 0 Å². The van der Waals surface area contributed by atoms with E-state index in [1.165, 1.54) is 19.3 Å². The van der Waals surface area contributed by atoms with E-state index in [4.69, 9.17) is 4.42 Å². The molecule has 0 aliphatic heterocycles. The number of halogens is 1. The predicted octanol–water partition coefficient (Wildman–Crippen LogP) is 1.62. The van der Waals surface area contributed by atoms with Crippen molar-refractivity contribution in [2.75, 3.05) is 11.9 Å². The molecule has 1 atom stereocenters. The third-order valence-electron chi connectivity index (χ3n) is 3.99. The van der Waals surface area contributed by atoms with Gasteiger partial charge >= 0.3 is 0 Å². The van der Waals surface area contributed by atoms with Gasteiger partial charge in [0, 0.05) is 11.9 Å². The summed E-state index contributed by atoms with van der Waals surface area (Å²) in [7, 11) is 0. The molecular formula is C17H21ClN3O-. The molecule has 5 heteroatoms. The van der Waals surface area contributed by atoms with E-state index in [2.05, 4.69) is 29.1 Å². The number of furan rings is 1. The minimum atomic E-state index is 0. The largest absolute Gasteiger partial charge is 1.00 e. The van der Waals surface area contributed by atoms with E-state index in [0.29, 0.717) is 5.92 Å². The van der Waals surface area contributed by atoms with Gasteiger partial charge in [-0.1, -0.05) is 38.8 Å². The summed E-state index contributed by atoms with van der Waals surface area (Å²) in [5, 5.41) is 4.48. The molecular weight excluding hydrogens is 298 g/mol. The number of nitrogens with one attached hydrogen (secondary N) is 1. The number of hydrogen-bond donors (Lipinski definition) is 1. The predicted molar refractivity (Wildman–Crippen MR) is 86.5 cm³/mol. The highest BCUT2D eigenvalue weighted by Crippen LogP contribution is 2.30. The Morgan fingerprint density at radius 2 is 2.00 bits per heavy atom. The van der Waals surface area contributed by atoms with Crippen LogP contribution in [0.4, 0.5) is 5.82 Å². The topological polar surface area (TPSA) is 51.0 Å². The van der Waals surface area contributed by atoms with E-state index in [9.17, 15) is 0 Å². The van der Waals surface area contributed by atoms with Crippen molar-refractivity contribution in [2.24, 2.45) is 5.92 Å². The van der Waals surface area contributed by atoms with Crippen molar-refractivity contribution >= 4 is 27.9 Å². The Hall–Kier alpha value is -1.81. The van der Waals surface area contributed by atoms with Gasteiger partial charge < -0.3 is 22.1 Å². The first-order chi connectivity index (χ1) is 10.3. The van der Waals surface area contributed by atoms with Crippen molar-refractivity contribution < 1.29 is 16.8 Å². The minimum absolute atomic E-state index is 0. The molecule has 3 aromatic rings. The molecule has 0 bridgehead atoms. The molecule has 0 saturated carbocycles. The zero-order valence-electron chi connectivity index (χ0n) is 13.0. The molecule has 1 N–H and O–H groups in total. The molecule has 0 saturated heterocycles. The van der Waals surface area contributed by atoms with E-state index in [1.54, 1.807) is 6.33 Å². The summed E-state index contributed by atoms with van der Waals surface area (Å²) in [6.07, 6.45) is 5.23. The van der Waals surface area contributed by atoms with E-state index in [-0.39, 0.29) is 12.4 Å². The Morgan fingerprint density at radius 3 is 2.77 bits per heavy atom. The summed E-state index contributed by atoms with van der Waals surface area (Å²) in [4.78, 5) is 8.72. The van der Waals surface area contributed by atoms with Crippen LogP contribution in [0, 0.1) is 5.92 Å². The van der Waals surface area contributed by atoms with Crippen molar-refractivity contribution in [2.45, 2.75) is 33.1 Å². The summed E-state index contributed by atoms with van der Waals surface area (Å²) in [5.41, 5.74) is 2.49.